The molecule has 1 heterocycles. The van der Waals surface area contributed by atoms with Crippen molar-refractivity contribution in [2.24, 2.45) is 0 Å². The van der Waals surface area contributed by atoms with Crippen LogP contribution < -0.4 is 5.32 Å². The second-order valence-electron chi connectivity index (χ2n) is 5.62. The number of aromatic nitrogens is 2. The van der Waals surface area contributed by atoms with Gasteiger partial charge in [-0.15, -0.1) is 0 Å². The average Bonchev–Trinajstić information content (AvgIpc) is 3.14. The molecule has 0 fully saturated rings. The van der Waals surface area contributed by atoms with Crippen LogP contribution in [-0.4, -0.2) is 27.1 Å². The van der Waals surface area contributed by atoms with Gasteiger partial charge in [0, 0.05) is 5.56 Å². The Balaban J connectivity index is 1.69. The zero-order chi connectivity index (χ0) is 20.3. The van der Waals surface area contributed by atoms with Crippen LogP contribution in [0, 0.1) is 0 Å². The summed E-state index contributed by atoms with van der Waals surface area (Å²) < 4.78 is 42.7. The Hall–Kier alpha value is -3.69. The molecular weight excluding hydrogens is 379 g/mol. The van der Waals surface area contributed by atoms with E-state index < -0.39 is 23.6 Å². The average molecular weight is 391 g/mol. The number of carboxylic acids is 1. The van der Waals surface area contributed by atoms with Gasteiger partial charge in [0.1, 0.15) is 0 Å². The Morgan fingerprint density at radius 1 is 1.04 bits per heavy atom. The molecular formula is C18H12F3N3O4. The van der Waals surface area contributed by atoms with E-state index in [1.165, 1.54) is 36.4 Å². The molecule has 0 radical (unpaired) electrons. The van der Waals surface area contributed by atoms with Crippen LogP contribution in [-0.2, 0) is 12.7 Å². The fourth-order valence-corrected chi connectivity index (χ4v) is 2.37. The van der Waals surface area contributed by atoms with Gasteiger partial charge in [0.15, 0.2) is 0 Å². The highest BCUT2D eigenvalue weighted by molar-refractivity contribution is 6.04. The van der Waals surface area contributed by atoms with Gasteiger partial charge in [-0.1, -0.05) is 29.4 Å². The summed E-state index contributed by atoms with van der Waals surface area (Å²) in [7, 11) is 0. The highest BCUT2D eigenvalue weighted by Crippen LogP contribution is 2.30. The smallest absolute Gasteiger partial charge is 0.416 e. The Morgan fingerprint density at radius 2 is 1.68 bits per heavy atom. The van der Waals surface area contributed by atoms with Crippen molar-refractivity contribution in [2.45, 2.75) is 12.7 Å². The van der Waals surface area contributed by atoms with E-state index in [9.17, 15) is 22.8 Å². The zero-order valence-corrected chi connectivity index (χ0v) is 14.0. The number of rotatable bonds is 5. The highest BCUT2D eigenvalue weighted by atomic mass is 19.4. The summed E-state index contributed by atoms with van der Waals surface area (Å²) in [5, 5.41) is 15.2. The minimum atomic E-state index is -4.45. The highest BCUT2D eigenvalue weighted by Gasteiger charge is 2.30. The van der Waals surface area contributed by atoms with Crippen LogP contribution in [0.25, 0.3) is 11.4 Å². The Labute approximate surface area is 155 Å². The SMILES string of the molecule is O=C(O)c1ccccc1C(=O)NCc1nc(-c2ccc(C(F)(F)F)cc2)no1. The molecule has 10 heteroatoms. The van der Waals surface area contributed by atoms with Gasteiger partial charge in [-0.05, 0) is 24.3 Å². The molecule has 1 aromatic heterocycles. The summed E-state index contributed by atoms with van der Waals surface area (Å²) in [6, 6.07) is 9.89. The number of carboxylic acid groups (broad SMARTS) is 1. The maximum absolute atomic E-state index is 12.6. The number of nitrogens with zero attached hydrogens (tertiary/aromatic N) is 2. The molecule has 2 N–H and O–H groups in total. The minimum absolute atomic E-state index is 0.0102. The van der Waals surface area contributed by atoms with Crippen LogP contribution in [0.15, 0.2) is 53.1 Å². The molecule has 0 aliphatic carbocycles. The zero-order valence-electron chi connectivity index (χ0n) is 14.0. The van der Waals surface area contributed by atoms with Crippen molar-refractivity contribution in [3.8, 4) is 11.4 Å². The minimum Gasteiger partial charge on any atom is -0.478 e. The molecule has 7 nitrogen and oxygen atoms in total. The van der Waals surface area contributed by atoms with E-state index in [4.69, 9.17) is 9.63 Å². The number of hydrogen-bond acceptors (Lipinski definition) is 5. The predicted octanol–water partition coefficient (Wildman–Crippen LogP) is 3.38. The lowest BCUT2D eigenvalue weighted by atomic mass is 10.1. The fraction of sp³-hybridized carbons (Fsp3) is 0.111. The van der Waals surface area contributed by atoms with Crippen molar-refractivity contribution in [3.05, 3.63) is 71.1 Å². The second-order valence-corrected chi connectivity index (χ2v) is 5.62. The number of amides is 1. The van der Waals surface area contributed by atoms with E-state index in [1.807, 2.05) is 0 Å². The van der Waals surface area contributed by atoms with E-state index >= 15 is 0 Å². The van der Waals surface area contributed by atoms with Crippen molar-refractivity contribution < 1.29 is 32.4 Å². The molecule has 0 atom stereocenters. The third-order valence-electron chi connectivity index (χ3n) is 3.74. The van der Waals surface area contributed by atoms with Crippen molar-refractivity contribution >= 4 is 11.9 Å². The summed E-state index contributed by atoms with van der Waals surface area (Å²) in [5.41, 5.74) is -0.677. The largest absolute Gasteiger partial charge is 0.478 e. The summed E-state index contributed by atoms with van der Waals surface area (Å²) in [5.74, 6) is -1.82. The molecule has 0 saturated heterocycles. The Bertz CT molecular complexity index is 1010. The van der Waals surface area contributed by atoms with Gasteiger partial charge in [0.05, 0.1) is 23.2 Å². The third-order valence-corrected chi connectivity index (χ3v) is 3.74. The fourth-order valence-electron chi connectivity index (χ4n) is 2.37. The van der Waals surface area contributed by atoms with Gasteiger partial charge < -0.3 is 14.9 Å². The van der Waals surface area contributed by atoms with Gasteiger partial charge in [-0.3, -0.25) is 4.79 Å². The first-order chi connectivity index (χ1) is 13.3. The molecule has 3 aromatic rings. The van der Waals surface area contributed by atoms with Crippen LogP contribution >= 0.6 is 0 Å². The number of nitrogens with one attached hydrogen (secondary N) is 1. The lowest BCUT2D eigenvalue weighted by Gasteiger charge is -2.06. The number of aromatic carboxylic acids is 1. The van der Waals surface area contributed by atoms with Crippen LogP contribution in [0.5, 0.6) is 0 Å². The normalized spacial score (nSPS) is 11.2. The van der Waals surface area contributed by atoms with Crippen molar-refractivity contribution in [1.82, 2.24) is 15.5 Å². The van der Waals surface area contributed by atoms with Crippen LogP contribution in [0.3, 0.4) is 0 Å². The van der Waals surface area contributed by atoms with Crippen molar-refractivity contribution in [3.63, 3.8) is 0 Å². The van der Waals surface area contributed by atoms with Crippen LogP contribution in [0.2, 0.25) is 0 Å². The Kier molecular flexibility index (Phi) is 5.12. The molecule has 0 saturated carbocycles. The summed E-state index contributed by atoms with van der Waals surface area (Å²) >= 11 is 0. The van der Waals surface area contributed by atoms with E-state index in [1.54, 1.807) is 0 Å². The van der Waals surface area contributed by atoms with Crippen LogP contribution in [0.1, 0.15) is 32.2 Å². The number of alkyl halides is 3. The predicted molar refractivity (Wildman–Crippen MR) is 89.3 cm³/mol. The number of benzene rings is 2. The summed E-state index contributed by atoms with van der Waals surface area (Å²) in [6.07, 6.45) is -4.45. The van der Waals surface area contributed by atoms with Gasteiger partial charge >= 0.3 is 12.1 Å². The maximum atomic E-state index is 12.6. The van der Waals surface area contributed by atoms with Crippen molar-refractivity contribution in [2.75, 3.05) is 0 Å². The molecule has 3 rings (SSSR count). The first-order valence-corrected chi connectivity index (χ1v) is 7.86. The second kappa shape index (κ2) is 7.51. The summed E-state index contributed by atoms with van der Waals surface area (Å²) in [6.45, 7) is -0.180. The topological polar surface area (TPSA) is 105 Å². The van der Waals surface area contributed by atoms with E-state index in [2.05, 4.69) is 15.5 Å². The first kappa shape index (κ1) is 19.1. The Morgan fingerprint density at radius 3 is 2.29 bits per heavy atom. The molecule has 1 amide bonds. The monoisotopic (exact) mass is 391 g/mol. The maximum Gasteiger partial charge on any atom is 0.416 e. The molecule has 0 spiro atoms. The molecule has 2 aromatic carbocycles. The molecule has 0 unspecified atom stereocenters. The van der Waals surface area contributed by atoms with Gasteiger partial charge in [-0.25, -0.2) is 4.79 Å². The molecule has 0 bridgehead atoms. The quantitative estimate of drug-likeness (QED) is 0.691. The molecule has 28 heavy (non-hydrogen) atoms. The molecule has 0 aliphatic heterocycles. The molecule has 144 valence electrons. The summed E-state index contributed by atoms with van der Waals surface area (Å²) in [4.78, 5) is 27.3. The number of hydrogen-bond donors (Lipinski definition) is 2. The van der Waals surface area contributed by atoms with Gasteiger partial charge in [-0.2, -0.15) is 18.2 Å². The van der Waals surface area contributed by atoms with E-state index in [0.29, 0.717) is 5.56 Å². The van der Waals surface area contributed by atoms with Crippen molar-refractivity contribution in [1.29, 1.82) is 0 Å². The third kappa shape index (κ3) is 4.17. The van der Waals surface area contributed by atoms with Crippen LogP contribution in [0.4, 0.5) is 13.2 Å². The van der Waals surface area contributed by atoms with Gasteiger partial charge in [0.25, 0.3) is 5.91 Å². The lowest BCUT2D eigenvalue weighted by molar-refractivity contribution is -0.137. The first-order valence-electron chi connectivity index (χ1n) is 7.86. The van der Waals surface area contributed by atoms with E-state index in [-0.39, 0.29) is 29.4 Å². The standard InChI is InChI=1S/C18H12F3N3O4/c19-18(20,21)11-7-5-10(6-8-11)15-23-14(28-24-15)9-22-16(25)12-3-1-2-4-13(12)17(26)27/h1-8H,9H2,(H,22,25)(H,26,27). The van der Waals surface area contributed by atoms with E-state index in [0.717, 1.165) is 12.1 Å². The number of carbonyl (C=O) groups excluding carboxylic acids is 1. The number of halogens is 3. The lowest BCUT2D eigenvalue weighted by Crippen LogP contribution is -2.25. The number of carbonyl (C=O) groups is 2. The molecule has 0 aliphatic rings. The van der Waals surface area contributed by atoms with Gasteiger partial charge in [0.2, 0.25) is 11.7 Å².